The first-order valence-electron chi connectivity index (χ1n) is 9.77. The fraction of sp³-hybridized carbons (Fsp3) is 0.381. The third kappa shape index (κ3) is 4.60. The topological polar surface area (TPSA) is 85.6 Å². The van der Waals surface area contributed by atoms with E-state index < -0.39 is 0 Å². The number of pyridine rings is 1. The minimum atomic E-state index is 0.122. The molecule has 0 radical (unpaired) electrons. The molecule has 1 aliphatic rings. The van der Waals surface area contributed by atoms with E-state index in [2.05, 4.69) is 25.4 Å². The highest BCUT2D eigenvalue weighted by Gasteiger charge is 2.24. The van der Waals surface area contributed by atoms with Crippen molar-refractivity contribution in [3.63, 3.8) is 0 Å². The van der Waals surface area contributed by atoms with Crippen LogP contribution >= 0.6 is 0 Å². The summed E-state index contributed by atoms with van der Waals surface area (Å²) in [6, 6.07) is 4.53. The average Bonchev–Trinajstić information content (AvgIpc) is 3.25. The fourth-order valence-electron chi connectivity index (χ4n) is 3.71. The van der Waals surface area contributed by atoms with Gasteiger partial charge in [0, 0.05) is 49.0 Å². The summed E-state index contributed by atoms with van der Waals surface area (Å²) in [7, 11) is 0. The SMILES string of the molecule is O=C(CCc1cccnc1)NC1CCC(n2cc(-c3cnccn3)cn2)CC1. The van der Waals surface area contributed by atoms with E-state index in [0.717, 1.165) is 48.9 Å². The number of aromatic nitrogens is 5. The van der Waals surface area contributed by atoms with E-state index in [-0.39, 0.29) is 11.9 Å². The molecule has 0 spiro atoms. The van der Waals surface area contributed by atoms with E-state index in [1.54, 1.807) is 24.8 Å². The van der Waals surface area contributed by atoms with Crippen LogP contribution in [-0.4, -0.2) is 36.7 Å². The van der Waals surface area contributed by atoms with Gasteiger partial charge in [0.25, 0.3) is 0 Å². The Labute approximate surface area is 164 Å². The molecule has 0 saturated heterocycles. The summed E-state index contributed by atoms with van der Waals surface area (Å²) in [6.45, 7) is 0. The van der Waals surface area contributed by atoms with Gasteiger partial charge < -0.3 is 5.32 Å². The molecule has 3 aromatic rings. The first-order valence-corrected chi connectivity index (χ1v) is 9.77. The molecule has 0 bridgehead atoms. The van der Waals surface area contributed by atoms with E-state index >= 15 is 0 Å². The molecule has 0 unspecified atom stereocenters. The molecule has 7 nitrogen and oxygen atoms in total. The molecule has 1 saturated carbocycles. The summed E-state index contributed by atoms with van der Waals surface area (Å²) in [6.07, 6.45) is 17.8. The highest BCUT2D eigenvalue weighted by molar-refractivity contribution is 5.76. The van der Waals surface area contributed by atoms with E-state index in [0.29, 0.717) is 12.5 Å². The molecule has 1 fully saturated rings. The number of carbonyl (C=O) groups excluding carboxylic acids is 1. The molecular formula is C21H24N6O. The second-order valence-electron chi connectivity index (χ2n) is 7.23. The van der Waals surface area contributed by atoms with Crippen LogP contribution in [-0.2, 0) is 11.2 Å². The van der Waals surface area contributed by atoms with Crippen LogP contribution in [0.1, 0.15) is 43.7 Å². The van der Waals surface area contributed by atoms with Gasteiger partial charge >= 0.3 is 0 Å². The number of hydrogen-bond donors (Lipinski definition) is 1. The van der Waals surface area contributed by atoms with Crippen molar-refractivity contribution in [2.75, 3.05) is 0 Å². The van der Waals surface area contributed by atoms with Gasteiger partial charge in [0.1, 0.15) is 0 Å². The Bertz CT molecular complexity index is 888. The van der Waals surface area contributed by atoms with Crippen LogP contribution in [0.5, 0.6) is 0 Å². The van der Waals surface area contributed by atoms with Gasteiger partial charge in [0.2, 0.25) is 5.91 Å². The normalized spacial score (nSPS) is 19.3. The van der Waals surface area contributed by atoms with Gasteiger partial charge in [0.05, 0.1) is 24.1 Å². The second kappa shape index (κ2) is 8.73. The van der Waals surface area contributed by atoms with Crippen molar-refractivity contribution in [3.8, 4) is 11.3 Å². The Morgan fingerprint density at radius 3 is 2.68 bits per heavy atom. The zero-order chi connectivity index (χ0) is 19.2. The third-order valence-electron chi connectivity index (χ3n) is 5.26. The largest absolute Gasteiger partial charge is 0.353 e. The van der Waals surface area contributed by atoms with E-state index in [1.807, 2.05) is 35.4 Å². The van der Waals surface area contributed by atoms with Crippen molar-refractivity contribution in [2.24, 2.45) is 0 Å². The monoisotopic (exact) mass is 376 g/mol. The molecule has 144 valence electrons. The van der Waals surface area contributed by atoms with Crippen LogP contribution in [0.15, 0.2) is 55.5 Å². The first-order chi connectivity index (χ1) is 13.8. The van der Waals surface area contributed by atoms with Gasteiger partial charge in [0.15, 0.2) is 0 Å². The van der Waals surface area contributed by atoms with E-state index in [1.165, 1.54) is 0 Å². The summed E-state index contributed by atoms with van der Waals surface area (Å²) in [5.74, 6) is 0.122. The number of amides is 1. The summed E-state index contributed by atoms with van der Waals surface area (Å²) in [5.41, 5.74) is 2.92. The highest BCUT2D eigenvalue weighted by atomic mass is 16.1. The van der Waals surface area contributed by atoms with Crippen molar-refractivity contribution in [1.82, 2.24) is 30.0 Å². The lowest BCUT2D eigenvalue weighted by Gasteiger charge is -2.29. The molecule has 1 amide bonds. The summed E-state index contributed by atoms with van der Waals surface area (Å²) in [5, 5.41) is 7.71. The summed E-state index contributed by atoms with van der Waals surface area (Å²) >= 11 is 0. The second-order valence-corrected chi connectivity index (χ2v) is 7.23. The van der Waals surface area contributed by atoms with Crippen LogP contribution in [0.2, 0.25) is 0 Å². The zero-order valence-electron chi connectivity index (χ0n) is 15.7. The van der Waals surface area contributed by atoms with Crippen LogP contribution in [0.25, 0.3) is 11.3 Å². The molecule has 7 heteroatoms. The van der Waals surface area contributed by atoms with E-state index in [4.69, 9.17) is 0 Å². The lowest BCUT2D eigenvalue weighted by Crippen LogP contribution is -2.38. The maximum atomic E-state index is 12.2. The number of hydrogen-bond acceptors (Lipinski definition) is 5. The van der Waals surface area contributed by atoms with Gasteiger partial charge in [-0.2, -0.15) is 5.10 Å². The number of carbonyl (C=O) groups is 1. The van der Waals surface area contributed by atoms with Crippen LogP contribution < -0.4 is 5.32 Å². The van der Waals surface area contributed by atoms with Crippen molar-refractivity contribution in [2.45, 2.75) is 50.6 Å². The Kier molecular flexibility index (Phi) is 5.70. The van der Waals surface area contributed by atoms with Gasteiger partial charge in [-0.3, -0.25) is 24.4 Å². The molecule has 0 aromatic carbocycles. The average molecular weight is 376 g/mol. The molecule has 0 aliphatic heterocycles. The maximum Gasteiger partial charge on any atom is 0.220 e. The quantitative estimate of drug-likeness (QED) is 0.715. The standard InChI is InChI=1S/C21H24N6O/c28-21(8-3-16-2-1-9-22-12-16)26-18-4-6-19(7-5-18)27-15-17(13-25-27)20-14-23-10-11-24-20/h1-2,9-15,18-19H,3-8H2,(H,26,28). The summed E-state index contributed by atoms with van der Waals surface area (Å²) < 4.78 is 2.03. The van der Waals surface area contributed by atoms with Crippen molar-refractivity contribution in [3.05, 3.63) is 61.1 Å². The number of nitrogens with one attached hydrogen (secondary N) is 1. The van der Waals surface area contributed by atoms with Crippen LogP contribution in [0.3, 0.4) is 0 Å². The van der Waals surface area contributed by atoms with Gasteiger partial charge in [-0.1, -0.05) is 6.07 Å². The Morgan fingerprint density at radius 2 is 1.93 bits per heavy atom. The molecule has 1 aliphatic carbocycles. The maximum absolute atomic E-state index is 12.2. The minimum absolute atomic E-state index is 0.122. The first kappa shape index (κ1) is 18.3. The molecular weight excluding hydrogens is 352 g/mol. The number of rotatable bonds is 6. The van der Waals surface area contributed by atoms with Crippen molar-refractivity contribution >= 4 is 5.91 Å². The minimum Gasteiger partial charge on any atom is -0.353 e. The van der Waals surface area contributed by atoms with Gasteiger partial charge in [-0.15, -0.1) is 0 Å². The molecule has 3 heterocycles. The van der Waals surface area contributed by atoms with Gasteiger partial charge in [-0.25, -0.2) is 0 Å². The Balaban J connectivity index is 1.24. The predicted molar refractivity (Wildman–Crippen MR) is 105 cm³/mol. The molecule has 28 heavy (non-hydrogen) atoms. The molecule has 4 rings (SSSR count). The lowest BCUT2D eigenvalue weighted by atomic mass is 9.91. The zero-order valence-corrected chi connectivity index (χ0v) is 15.7. The number of aryl methyl sites for hydroxylation is 1. The fourth-order valence-corrected chi connectivity index (χ4v) is 3.71. The predicted octanol–water partition coefficient (Wildman–Crippen LogP) is 2.97. The molecule has 3 aromatic heterocycles. The van der Waals surface area contributed by atoms with Crippen molar-refractivity contribution < 1.29 is 4.79 Å². The van der Waals surface area contributed by atoms with Gasteiger partial charge in [-0.05, 0) is 43.7 Å². The molecule has 1 N–H and O–H groups in total. The Morgan fingerprint density at radius 1 is 1.07 bits per heavy atom. The third-order valence-corrected chi connectivity index (χ3v) is 5.26. The van der Waals surface area contributed by atoms with Crippen LogP contribution in [0.4, 0.5) is 0 Å². The molecule has 0 atom stereocenters. The van der Waals surface area contributed by atoms with Crippen LogP contribution in [0, 0.1) is 0 Å². The highest BCUT2D eigenvalue weighted by Crippen LogP contribution is 2.29. The van der Waals surface area contributed by atoms with Crippen molar-refractivity contribution in [1.29, 1.82) is 0 Å². The smallest absolute Gasteiger partial charge is 0.220 e. The summed E-state index contributed by atoms with van der Waals surface area (Å²) in [4.78, 5) is 24.8. The van der Waals surface area contributed by atoms with E-state index in [9.17, 15) is 4.79 Å². The lowest BCUT2D eigenvalue weighted by molar-refractivity contribution is -0.122. The number of nitrogens with zero attached hydrogens (tertiary/aromatic N) is 5. The Hall–Kier alpha value is -3.09.